The summed E-state index contributed by atoms with van der Waals surface area (Å²) in [7, 11) is 0. The predicted octanol–water partition coefficient (Wildman–Crippen LogP) is 1.92. The summed E-state index contributed by atoms with van der Waals surface area (Å²) in [5, 5.41) is 0. The molecule has 2 heterocycles. The van der Waals surface area contributed by atoms with Crippen molar-refractivity contribution in [1.29, 1.82) is 0 Å². The van der Waals surface area contributed by atoms with E-state index in [2.05, 4.69) is 20.9 Å². The first kappa shape index (κ1) is 6.31. The lowest BCUT2D eigenvalue weighted by molar-refractivity contribution is 0.414. The fraction of sp³-hybridized carbons (Fsp3) is 0.286. The predicted molar refractivity (Wildman–Crippen MR) is 40.6 cm³/mol. The number of aromatic nitrogens is 1. The van der Waals surface area contributed by atoms with Crippen molar-refractivity contribution in [3.05, 3.63) is 28.5 Å². The van der Waals surface area contributed by atoms with Gasteiger partial charge in [-0.05, 0) is 6.07 Å². The van der Waals surface area contributed by atoms with Gasteiger partial charge in [0.15, 0.2) is 0 Å². The third-order valence-corrected chi connectivity index (χ3v) is 2.20. The highest BCUT2D eigenvalue weighted by Crippen LogP contribution is 2.33. The van der Waals surface area contributed by atoms with Crippen LogP contribution < -0.4 is 0 Å². The first-order chi connectivity index (χ1) is 4.88. The van der Waals surface area contributed by atoms with Gasteiger partial charge in [-0.25, -0.2) is 0 Å². The number of nitrogens with zero attached hydrogens (tertiary/aromatic N) is 1. The van der Waals surface area contributed by atoms with Crippen molar-refractivity contribution >= 4 is 15.9 Å². The Morgan fingerprint density at radius 1 is 1.70 bits per heavy atom. The molecule has 2 nitrogen and oxygen atoms in total. The van der Waals surface area contributed by atoms with E-state index in [-0.39, 0.29) is 0 Å². The van der Waals surface area contributed by atoms with Crippen LogP contribution in [0.4, 0.5) is 0 Å². The maximum absolute atomic E-state index is 5.11. The smallest absolute Gasteiger partial charge is 0.109 e. The Balaban J connectivity index is 2.39. The van der Waals surface area contributed by atoms with E-state index >= 15 is 0 Å². The lowest BCUT2D eigenvalue weighted by Crippen LogP contribution is -1.83. The first-order valence-corrected chi connectivity index (χ1v) is 3.88. The lowest BCUT2D eigenvalue weighted by Gasteiger charge is -1.95. The monoisotopic (exact) mass is 199 g/mol. The number of hydrogen-bond acceptors (Lipinski definition) is 2. The molecule has 0 aliphatic carbocycles. The summed E-state index contributed by atoms with van der Waals surface area (Å²) in [6, 6.07) is 1.93. The van der Waals surface area contributed by atoms with Crippen molar-refractivity contribution in [3.8, 4) is 0 Å². The van der Waals surface area contributed by atoms with Crippen LogP contribution in [-0.2, 0) is 4.74 Å². The van der Waals surface area contributed by atoms with Crippen molar-refractivity contribution in [1.82, 2.24) is 4.98 Å². The molecule has 3 heteroatoms. The highest BCUT2D eigenvalue weighted by atomic mass is 79.9. The zero-order valence-electron chi connectivity index (χ0n) is 5.25. The summed E-state index contributed by atoms with van der Waals surface area (Å²) < 4.78 is 6.19. The second kappa shape index (κ2) is 2.32. The fourth-order valence-electron chi connectivity index (χ4n) is 0.854. The highest BCUT2D eigenvalue weighted by molar-refractivity contribution is 9.10. The fourth-order valence-corrected chi connectivity index (χ4v) is 1.33. The Morgan fingerprint density at radius 3 is 3.10 bits per heavy atom. The number of ether oxygens (including phenoxy) is 1. The molecule has 1 fully saturated rings. The van der Waals surface area contributed by atoms with Gasteiger partial charge in [-0.15, -0.1) is 0 Å². The standard InChI is InChI=1S/C7H6BrNO/c8-6-1-2-9-3-5(6)7-4-10-7/h1-3,7H,4H2. The van der Waals surface area contributed by atoms with E-state index in [4.69, 9.17) is 4.74 Å². The minimum atomic E-state index is 0.295. The van der Waals surface area contributed by atoms with E-state index in [1.807, 2.05) is 12.3 Å². The number of hydrogen-bond donors (Lipinski definition) is 0. The maximum Gasteiger partial charge on any atom is 0.109 e. The molecule has 10 heavy (non-hydrogen) atoms. The molecule has 1 saturated heterocycles. The lowest BCUT2D eigenvalue weighted by atomic mass is 10.2. The quantitative estimate of drug-likeness (QED) is 0.647. The molecule has 1 unspecified atom stereocenters. The third kappa shape index (κ3) is 1.07. The van der Waals surface area contributed by atoms with Crippen LogP contribution in [0.1, 0.15) is 11.7 Å². The van der Waals surface area contributed by atoms with Crippen LogP contribution >= 0.6 is 15.9 Å². The molecule has 0 radical (unpaired) electrons. The molecule has 0 aromatic carbocycles. The molecule has 1 atom stereocenters. The summed E-state index contributed by atoms with van der Waals surface area (Å²) >= 11 is 3.42. The van der Waals surface area contributed by atoms with E-state index < -0.39 is 0 Å². The van der Waals surface area contributed by atoms with Crippen LogP contribution in [0.2, 0.25) is 0 Å². The molecule has 0 amide bonds. The van der Waals surface area contributed by atoms with Gasteiger partial charge in [-0.1, -0.05) is 15.9 Å². The average molecular weight is 200 g/mol. The van der Waals surface area contributed by atoms with Gasteiger partial charge >= 0.3 is 0 Å². The molecular formula is C7H6BrNO. The van der Waals surface area contributed by atoms with Gasteiger partial charge < -0.3 is 4.74 Å². The van der Waals surface area contributed by atoms with Crippen molar-refractivity contribution in [3.63, 3.8) is 0 Å². The topological polar surface area (TPSA) is 25.4 Å². The van der Waals surface area contributed by atoms with Crippen LogP contribution in [0, 0.1) is 0 Å². The van der Waals surface area contributed by atoms with Crippen molar-refractivity contribution in [2.75, 3.05) is 6.61 Å². The molecule has 2 rings (SSSR count). The number of rotatable bonds is 1. The van der Waals surface area contributed by atoms with Gasteiger partial charge in [-0.3, -0.25) is 4.98 Å². The Labute approximate surface area is 67.4 Å². The molecule has 1 aliphatic heterocycles. The van der Waals surface area contributed by atoms with Crippen LogP contribution in [0.15, 0.2) is 22.9 Å². The Bertz CT molecular complexity index is 247. The van der Waals surface area contributed by atoms with Crippen LogP contribution in [0.5, 0.6) is 0 Å². The molecule has 0 saturated carbocycles. The highest BCUT2D eigenvalue weighted by Gasteiger charge is 2.26. The minimum absolute atomic E-state index is 0.295. The second-order valence-corrected chi connectivity index (χ2v) is 3.07. The summed E-state index contributed by atoms with van der Waals surface area (Å²) in [6.45, 7) is 0.838. The summed E-state index contributed by atoms with van der Waals surface area (Å²) in [4.78, 5) is 4.00. The van der Waals surface area contributed by atoms with Crippen LogP contribution in [0.25, 0.3) is 0 Å². The summed E-state index contributed by atoms with van der Waals surface area (Å²) in [6.07, 6.45) is 3.89. The third-order valence-electron chi connectivity index (χ3n) is 1.48. The Hall–Kier alpha value is -0.410. The number of halogens is 1. The van der Waals surface area contributed by atoms with E-state index in [1.54, 1.807) is 6.20 Å². The summed E-state index contributed by atoms with van der Waals surface area (Å²) in [5.74, 6) is 0. The number of epoxide rings is 1. The Kier molecular flexibility index (Phi) is 1.47. The van der Waals surface area contributed by atoms with Gasteiger partial charge in [0.2, 0.25) is 0 Å². The number of pyridine rings is 1. The molecule has 1 aromatic heterocycles. The van der Waals surface area contributed by atoms with E-state index in [1.165, 1.54) is 0 Å². The van der Waals surface area contributed by atoms with E-state index in [9.17, 15) is 0 Å². The zero-order valence-corrected chi connectivity index (χ0v) is 6.84. The normalized spacial score (nSPS) is 22.7. The largest absolute Gasteiger partial charge is 0.368 e. The van der Waals surface area contributed by atoms with Gasteiger partial charge in [-0.2, -0.15) is 0 Å². The van der Waals surface area contributed by atoms with Gasteiger partial charge in [0, 0.05) is 22.4 Å². The molecule has 52 valence electrons. The zero-order chi connectivity index (χ0) is 6.97. The van der Waals surface area contributed by atoms with Gasteiger partial charge in [0.25, 0.3) is 0 Å². The van der Waals surface area contributed by atoms with Gasteiger partial charge in [0.1, 0.15) is 6.10 Å². The van der Waals surface area contributed by atoms with Crippen molar-refractivity contribution in [2.24, 2.45) is 0 Å². The molecule has 0 spiro atoms. The van der Waals surface area contributed by atoms with Crippen LogP contribution in [-0.4, -0.2) is 11.6 Å². The first-order valence-electron chi connectivity index (χ1n) is 3.09. The molecule has 0 N–H and O–H groups in total. The van der Waals surface area contributed by atoms with Crippen molar-refractivity contribution in [2.45, 2.75) is 6.10 Å². The maximum atomic E-state index is 5.11. The van der Waals surface area contributed by atoms with E-state index in [0.717, 1.165) is 16.6 Å². The van der Waals surface area contributed by atoms with E-state index in [0.29, 0.717) is 6.10 Å². The average Bonchev–Trinajstić information content (AvgIpc) is 2.71. The van der Waals surface area contributed by atoms with Crippen molar-refractivity contribution < 1.29 is 4.74 Å². The molecule has 0 bridgehead atoms. The van der Waals surface area contributed by atoms with Gasteiger partial charge in [0.05, 0.1) is 6.61 Å². The van der Waals surface area contributed by atoms with Crippen LogP contribution in [0.3, 0.4) is 0 Å². The SMILES string of the molecule is Brc1ccncc1C1CO1. The second-order valence-electron chi connectivity index (χ2n) is 2.22. The summed E-state index contributed by atoms with van der Waals surface area (Å²) in [5.41, 5.74) is 1.16. The Morgan fingerprint density at radius 2 is 2.50 bits per heavy atom. The molecule has 1 aromatic rings. The molecular weight excluding hydrogens is 194 g/mol. The minimum Gasteiger partial charge on any atom is -0.368 e. The molecule has 1 aliphatic rings.